The highest BCUT2D eigenvalue weighted by Gasteiger charge is 2.26. The number of aromatic nitrogens is 2. The van der Waals surface area contributed by atoms with Gasteiger partial charge in [-0.05, 0) is 17.0 Å². The van der Waals surface area contributed by atoms with Gasteiger partial charge in [-0.1, -0.05) is 51.1 Å². The van der Waals surface area contributed by atoms with Crippen molar-refractivity contribution >= 4 is 11.0 Å². The lowest BCUT2D eigenvalue weighted by Gasteiger charge is -2.22. The van der Waals surface area contributed by atoms with Crippen LogP contribution in [0, 0.1) is 5.82 Å². The van der Waals surface area contributed by atoms with E-state index in [1.807, 2.05) is 68.8 Å². The minimum absolute atomic E-state index is 0.167. The highest BCUT2D eigenvalue weighted by molar-refractivity contribution is 5.86. The highest BCUT2D eigenvalue weighted by atomic mass is 19.1. The van der Waals surface area contributed by atoms with Gasteiger partial charge in [-0.15, -0.1) is 0 Å². The molecule has 0 aliphatic carbocycles. The number of nitrogens with zero attached hydrogens (tertiary/aromatic N) is 2. The zero-order chi connectivity index (χ0) is 15.2. The van der Waals surface area contributed by atoms with E-state index < -0.39 is 0 Å². The smallest absolute Gasteiger partial charge is 0.137 e. The lowest BCUT2D eigenvalue weighted by atomic mass is 9.83. The molecular formula is C18H19FN2. The molecule has 0 saturated heterocycles. The third kappa shape index (κ3) is 2.23. The predicted octanol–water partition coefficient (Wildman–Crippen LogP) is 4.68. The van der Waals surface area contributed by atoms with Crippen LogP contribution in [0.1, 0.15) is 26.3 Å². The number of imidazole rings is 1. The average molecular weight is 282 g/mol. The van der Waals surface area contributed by atoms with Crippen LogP contribution in [0.3, 0.4) is 0 Å². The van der Waals surface area contributed by atoms with Gasteiger partial charge in [-0.25, -0.2) is 9.37 Å². The summed E-state index contributed by atoms with van der Waals surface area (Å²) >= 11 is 0. The quantitative estimate of drug-likeness (QED) is 0.634. The van der Waals surface area contributed by atoms with Gasteiger partial charge >= 0.3 is 0 Å². The maximum Gasteiger partial charge on any atom is 0.137 e. The summed E-state index contributed by atoms with van der Waals surface area (Å²) in [7, 11) is 1.94. The second-order valence-corrected chi connectivity index (χ2v) is 6.45. The summed E-state index contributed by atoms with van der Waals surface area (Å²) < 4.78 is 17.1. The van der Waals surface area contributed by atoms with Gasteiger partial charge < -0.3 is 4.57 Å². The molecule has 3 heteroatoms. The Morgan fingerprint density at radius 2 is 1.76 bits per heavy atom. The van der Waals surface area contributed by atoms with E-state index >= 15 is 4.39 Å². The van der Waals surface area contributed by atoms with Gasteiger partial charge in [0.15, 0.2) is 0 Å². The van der Waals surface area contributed by atoms with Crippen LogP contribution in [-0.2, 0) is 12.5 Å². The minimum Gasteiger partial charge on any atom is -0.334 e. The van der Waals surface area contributed by atoms with Crippen LogP contribution in [0.5, 0.6) is 0 Å². The average Bonchev–Trinajstić information content (AvgIpc) is 2.78. The number of fused-ring (bicyclic) bond motifs is 1. The van der Waals surface area contributed by atoms with Crippen molar-refractivity contribution in [3.05, 3.63) is 54.1 Å². The Hall–Kier alpha value is -2.16. The molecule has 0 unspecified atom stereocenters. The number of rotatable bonds is 1. The van der Waals surface area contributed by atoms with Gasteiger partial charge in [0.05, 0.1) is 17.4 Å². The zero-order valence-corrected chi connectivity index (χ0v) is 12.8. The van der Waals surface area contributed by atoms with Crippen molar-refractivity contribution < 1.29 is 4.39 Å². The van der Waals surface area contributed by atoms with Crippen LogP contribution in [0.25, 0.3) is 22.2 Å². The number of hydrogen-bond acceptors (Lipinski definition) is 1. The number of aryl methyl sites for hydroxylation is 1. The molecular weight excluding hydrogens is 263 g/mol. The van der Waals surface area contributed by atoms with Gasteiger partial charge in [-0.3, -0.25) is 0 Å². The first kappa shape index (κ1) is 13.8. The van der Waals surface area contributed by atoms with Crippen molar-refractivity contribution in [2.45, 2.75) is 26.2 Å². The summed E-state index contributed by atoms with van der Waals surface area (Å²) in [5, 5.41) is 0. The summed E-state index contributed by atoms with van der Waals surface area (Å²) in [4.78, 5) is 4.40. The number of benzene rings is 2. The van der Waals surface area contributed by atoms with E-state index in [0.717, 1.165) is 16.6 Å². The van der Waals surface area contributed by atoms with Crippen LogP contribution in [0.2, 0.25) is 0 Å². The summed E-state index contributed by atoms with van der Waals surface area (Å²) in [6.07, 6.45) is 1.74. The van der Waals surface area contributed by atoms with Gasteiger partial charge in [-0.2, -0.15) is 0 Å². The Kier molecular flexibility index (Phi) is 3.08. The molecule has 0 atom stereocenters. The Morgan fingerprint density at radius 1 is 1.10 bits per heavy atom. The molecule has 3 aromatic rings. The molecule has 0 bridgehead atoms. The third-order valence-electron chi connectivity index (χ3n) is 3.79. The molecule has 0 aliphatic heterocycles. The van der Waals surface area contributed by atoms with Crippen molar-refractivity contribution in [1.82, 2.24) is 9.55 Å². The summed E-state index contributed by atoms with van der Waals surface area (Å²) in [5.74, 6) is -0.167. The van der Waals surface area contributed by atoms with Gasteiger partial charge in [0, 0.05) is 18.2 Å². The second-order valence-electron chi connectivity index (χ2n) is 6.45. The molecule has 1 aromatic heterocycles. The molecule has 0 aliphatic rings. The standard InChI is InChI=1S/C18H19FN2/c1-18(2,3)15-16(19)13(12-8-6-5-7-9-12)10-14-17(15)20-11-21(14)4/h5-11H,1-4H3. The topological polar surface area (TPSA) is 17.8 Å². The van der Waals surface area contributed by atoms with E-state index in [2.05, 4.69) is 4.98 Å². The first-order chi connectivity index (χ1) is 9.89. The van der Waals surface area contributed by atoms with E-state index in [-0.39, 0.29) is 11.2 Å². The van der Waals surface area contributed by atoms with Gasteiger partial charge in [0.2, 0.25) is 0 Å². The number of halogens is 1. The molecule has 0 fully saturated rings. The Bertz CT molecular complexity index is 795. The molecule has 2 nitrogen and oxygen atoms in total. The molecule has 0 saturated carbocycles. The fraction of sp³-hybridized carbons (Fsp3) is 0.278. The van der Waals surface area contributed by atoms with E-state index in [0.29, 0.717) is 11.1 Å². The SMILES string of the molecule is Cn1cnc2c(C(C)(C)C)c(F)c(-c3ccccc3)cc21. The van der Waals surface area contributed by atoms with Crippen LogP contribution >= 0.6 is 0 Å². The van der Waals surface area contributed by atoms with Crippen LogP contribution in [0.15, 0.2) is 42.7 Å². The minimum atomic E-state index is -0.304. The molecule has 0 amide bonds. The van der Waals surface area contributed by atoms with Gasteiger partial charge in [0.25, 0.3) is 0 Å². The number of hydrogen-bond donors (Lipinski definition) is 0. The highest BCUT2D eigenvalue weighted by Crippen LogP contribution is 2.37. The largest absolute Gasteiger partial charge is 0.334 e. The Balaban J connectivity index is 2.42. The molecule has 0 spiro atoms. The Morgan fingerprint density at radius 3 is 2.38 bits per heavy atom. The van der Waals surface area contributed by atoms with Crippen molar-refractivity contribution in [2.24, 2.45) is 7.05 Å². The van der Waals surface area contributed by atoms with E-state index in [1.54, 1.807) is 6.33 Å². The molecule has 1 heterocycles. The lowest BCUT2D eigenvalue weighted by Crippen LogP contribution is -2.15. The zero-order valence-electron chi connectivity index (χ0n) is 12.8. The van der Waals surface area contributed by atoms with Crippen molar-refractivity contribution in [1.29, 1.82) is 0 Å². The van der Waals surface area contributed by atoms with E-state index in [4.69, 9.17) is 0 Å². The van der Waals surface area contributed by atoms with Crippen LogP contribution < -0.4 is 0 Å². The molecule has 0 radical (unpaired) electrons. The van der Waals surface area contributed by atoms with Crippen molar-refractivity contribution in [3.8, 4) is 11.1 Å². The van der Waals surface area contributed by atoms with Crippen molar-refractivity contribution in [2.75, 3.05) is 0 Å². The fourth-order valence-corrected chi connectivity index (χ4v) is 2.75. The van der Waals surface area contributed by atoms with Crippen molar-refractivity contribution in [3.63, 3.8) is 0 Å². The summed E-state index contributed by atoms with van der Waals surface area (Å²) in [5.41, 5.74) is 3.61. The fourth-order valence-electron chi connectivity index (χ4n) is 2.75. The maximum atomic E-state index is 15.1. The molecule has 2 aromatic carbocycles. The van der Waals surface area contributed by atoms with E-state index in [9.17, 15) is 0 Å². The summed E-state index contributed by atoms with van der Waals surface area (Å²) in [6.45, 7) is 6.07. The lowest BCUT2D eigenvalue weighted by molar-refractivity contribution is 0.529. The first-order valence-electron chi connectivity index (χ1n) is 7.09. The third-order valence-corrected chi connectivity index (χ3v) is 3.79. The summed E-state index contributed by atoms with van der Waals surface area (Å²) in [6, 6.07) is 11.6. The molecule has 108 valence electrons. The second kappa shape index (κ2) is 4.69. The van der Waals surface area contributed by atoms with Crippen LogP contribution in [0.4, 0.5) is 4.39 Å². The molecule has 21 heavy (non-hydrogen) atoms. The predicted molar refractivity (Wildman–Crippen MR) is 84.8 cm³/mol. The van der Waals surface area contributed by atoms with Crippen LogP contribution in [-0.4, -0.2) is 9.55 Å². The molecule has 0 N–H and O–H groups in total. The normalized spacial score (nSPS) is 12.0. The Labute approximate surface area is 124 Å². The monoisotopic (exact) mass is 282 g/mol. The maximum absolute atomic E-state index is 15.1. The first-order valence-corrected chi connectivity index (χ1v) is 7.09. The van der Waals surface area contributed by atoms with E-state index in [1.165, 1.54) is 0 Å². The molecule has 3 rings (SSSR count). The van der Waals surface area contributed by atoms with Gasteiger partial charge in [0.1, 0.15) is 5.82 Å².